The highest BCUT2D eigenvalue weighted by Gasteiger charge is 2.15. The fourth-order valence-corrected chi connectivity index (χ4v) is 3.01. The van der Waals surface area contributed by atoms with E-state index in [-0.39, 0.29) is 11.3 Å². The van der Waals surface area contributed by atoms with Crippen molar-refractivity contribution in [3.63, 3.8) is 0 Å². The molecule has 0 heterocycles. The Balaban J connectivity index is 2.29. The van der Waals surface area contributed by atoms with Gasteiger partial charge in [-0.15, -0.1) is 0 Å². The summed E-state index contributed by atoms with van der Waals surface area (Å²) in [6, 6.07) is 11.5. The van der Waals surface area contributed by atoms with Crippen molar-refractivity contribution in [3.8, 4) is 0 Å². The molecule has 7 heteroatoms. The average Bonchev–Trinajstić information content (AvgIpc) is 2.48. The molecular formula is C16H15ClN2O3S. The van der Waals surface area contributed by atoms with Crippen molar-refractivity contribution in [1.82, 2.24) is 0 Å². The van der Waals surface area contributed by atoms with E-state index in [1.54, 1.807) is 43.3 Å². The van der Waals surface area contributed by atoms with Crippen LogP contribution in [0.1, 0.15) is 21.5 Å². The van der Waals surface area contributed by atoms with Crippen LogP contribution in [0.4, 0.5) is 5.69 Å². The highest BCUT2D eigenvalue weighted by molar-refractivity contribution is 7.95. The number of aryl methyl sites for hydroxylation is 1. The zero-order chi connectivity index (χ0) is 17.0. The number of halogens is 1. The first-order valence-electron chi connectivity index (χ1n) is 6.64. The number of nitrogens with one attached hydrogen (secondary N) is 1. The fraction of sp³-hybridized carbons (Fsp3) is 0.0625. The Labute approximate surface area is 139 Å². The van der Waals surface area contributed by atoms with Gasteiger partial charge in [0.05, 0.1) is 16.7 Å². The van der Waals surface area contributed by atoms with Crippen molar-refractivity contribution in [3.05, 3.63) is 69.6 Å². The number of sulfonamides is 1. The topological polar surface area (TPSA) is 89.3 Å². The minimum absolute atomic E-state index is 0.119. The number of primary amides is 1. The third-order valence-corrected chi connectivity index (χ3v) is 4.33. The van der Waals surface area contributed by atoms with Crippen LogP contribution < -0.4 is 10.5 Å². The van der Waals surface area contributed by atoms with Gasteiger partial charge in [0.25, 0.3) is 15.9 Å². The maximum absolute atomic E-state index is 12.2. The highest BCUT2D eigenvalue weighted by atomic mass is 35.5. The number of anilines is 1. The molecule has 1 amide bonds. The molecular weight excluding hydrogens is 336 g/mol. The molecule has 0 spiro atoms. The summed E-state index contributed by atoms with van der Waals surface area (Å²) < 4.78 is 26.8. The minimum Gasteiger partial charge on any atom is -0.366 e. The van der Waals surface area contributed by atoms with Gasteiger partial charge in [0.1, 0.15) is 0 Å². The van der Waals surface area contributed by atoms with Crippen molar-refractivity contribution >= 4 is 39.3 Å². The Morgan fingerprint density at radius 3 is 2.43 bits per heavy atom. The van der Waals surface area contributed by atoms with Crippen LogP contribution >= 0.6 is 11.6 Å². The Hall–Kier alpha value is -2.31. The summed E-state index contributed by atoms with van der Waals surface area (Å²) in [6.45, 7) is 1.69. The van der Waals surface area contributed by atoms with E-state index in [4.69, 9.17) is 17.3 Å². The molecule has 23 heavy (non-hydrogen) atoms. The van der Waals surface area contributed by atoms with Crippen molar-refractivity contribution in [2.24, 2.45) is 5.73 Å². The Morgan fingerprint density at radius 2 is 1.83 bits per heavy atom. The van der Waals surface area contributed by atoms with Gasteiger partial charge < -0.3 is 5.73 Å². The second-order valence-corrected chi connectivity index (χ2v) is 6.87. The largest absolute Gasteiger partial charge is 0.366 e. The summed E-state index contributed by atoms with van der Waals surface area (Å²) in [5.74, 6) is -0.701. The van der Waals surface area contributed by atoms with Crippen LogP contribution in [0.3, 0.4) is 0 Å². The van der Waals surface area contributed by atoms with Gasteiger partial charge in [0, 0.05) is 5.02 Å². The van der Waals surface area contributed by atoms with Crippen molar-refractivity contribution in [2.45, 2.75) is 6.92 Å². The molecule has 0 saturated heterocycles. The van der Waals surface area contributed by atoms with Gasteiger partial charge in [-0.3, -0.25) is 9.52 Å². The van der Waals surface area contributed by atoms with Gasteiger partial charge in [-0.1, -0.05) is 35.9 Å². The van der Waals surface area contributed by atoms with Crippen LogP contribution in [-0.2, 0) is 10.0 Å². The van der Waals surface area contributed by atoms with Gasteiger partial charge in [0.15, 0.2) is 0 Å². The number of amides is 1. The smallest absolute Gasteiger partial charge is 0.255 e. The molecule has 0 unspecified atom stereocenters. The molecule has 0 bridgehead atoms. The summed E-state index contributed by atoms with van der Waals surface area (Å²) in [7, 11) is -3.79. The third-order valence-electron chi connectivity index (χ3n) is 3.09. The van der Waals surface area contributed by atoms with Crippen LogP contribution in [0.2, 0.25) is 5.02 Å². The van der Waals surface area contributed by atoms with Crippen LogP contribution in [0.5, 0.6) is 0 Å². The lowest BCUT2D eigenvalue weighted by atomic mass is 10.1. The Bertz CT molecular complexity index is 859. The molecule has 0 aromatic heterocycles. The monoisotopic (exact) mass is 350 g/mol. The number of carbonyl (C=O) groups is 1. The molecule has 120 valence electrons. The van der Waals surface area contributed by atoms with Crippen LogP contribution in [0, 0.1) is 6.92 Å². The molecule has 0 radical (unpaired) electrons. The van der Waals surface area contributed by atoms with Crippen LogP contribution in [-0.4, -0.2) is 14.3 Å². The van der Waals surface area contributed by atoms with Gasteiger partial charge in [-0.05, 0) is 42.3 Å². The molecule has 0 fully saturated rings. The second kappa shape index (κ2) is 6.85. The number of rotatable bonds is 5. The van der Waals surface area contributed by atoms with E-state index in [0.29, 0.717) is 16.1 Å². The van der Waals surface area contributed by atoms with Gasteiger partial charge in [0.2, 0.25) is 0 Å². The number of para-hydroxylation sites is 1. The summed E-state index contributed by atoms with van der Waals surface area (Å²) >= 11 is 5.78. The minimum atomic E-state index is -3.79. The quantitative estimate of drug-likeness (QED) is 0.867. The van der Waals surface area contributed by atoms with Gasteiger partial charge in [-0.2, -0.15) is 0 Å². The first-order valence-corrected chi connectivity index (χ1v) is 8.57. The van der Waals surface area contributed by atoms with Gasteiger partial charge in [-0.25, -0.2) is 8.42 Å². The standard InChI is InChI=1S/C16H15ClN2O3S/c1-11-3-2-4-14(16(18)20)15(11)19-23(21,22)10-9-12-5-7-13(17)8-6-12/h2-10,19H,1H3,(H2,18,20)/b10-9+. The van der Waals surface area contributed by atoms with Crippen LogP contribution in [0.25, 0.3) is 6.08 Å². The lowest BCUT2D eigenvalue weighted by Crippen LogP contribution is -2.18. The number of hydrogen-bond donors (Lipinski definition) is 2. The number of hydrogen-bond acceptors (Lipinski definition) is 3. The Kier molecular flexibility index (Phi) is 5.08. The molecule has 3 N–H and O–H groups in total. The van der Waals surface area contributed by atoms with Crippen molar-refractivity contribution in [2.75, 3.05) is 4.72 Å². The summed E-state index contributed by atoms with van der Waals surface area (Å²) in [5.41, 5.74) is 6.86. The zero-order valence-corrected chi connectivity index (χ0v) is 13.9. The zero-order valence-electron chi connectivity index (χ0n) is 12.3. The Morgan fingerprint density at radius 1 is 1.17 bits per heavy atom. The summed E-state index contributed by atoms with van der Waals surface area (Å²) in [6.07, 6.45) is 1.43. The molecule has 5 nitrogen and oxygen atoms in total. The number of carbonyl (C=O) groups excluding carboxylic acids is 1. The molecule has 0 saturated carbocycles. The maximum atomic E-state index is 12.2. The lowest BCUT2D eigenvalue weighted by Gasteiger charge is -2.11. The van der Waals surface area contributed by atoms with Crippen molar-refractivity contribution in [1.29, 1.82) is 0 Å². The van der Waals surface area contributed by atoms with E-state index in [1.807, 2.05) is 0 Å². The predicted molar refractivity (Wildman–Crippen MR) is 92.7 cm³/mol. The number of nitrogens with two attached hydrogens (primary N) is 1. The van der Waals surface area contributed by atoms with Gasteiger partial charge >= 0.3 is 0 Å². The predicted octanol–water partition coefficient (Wildman–Crippen LogP) is 3.16. The normalized spacial score (nSPS) is 11.6. The number of benzene rings is 2. The van der Waals surface area contributed by atoms with E-state index < -0.39 is 15.9 Å². The molecule has 0 aliphatic carbocycles. The molecule has 2 aromatic rings. The van der Waals surface area contributed by atoms with E-state index >= 15 is 0 Å². The molecule has 0 atom stereocenters. The SMILES string of the molecule is Cc1cccc(C(N)=O)c1NS(=O)(=O)/C=C/c1ccc(Cl)cc1. The fourth-order valence-electron chi connectivity index (χ4n) is 1.93. The maximum Gasteiger partial charge on any atom is 0.255 e. The first-order chi connectivity index (χ1) is 10.8. The summed E-state index contributed by atoms with van der Waals surface area (Å²) in [4.78, 5) is 11.4. The van der Waals surface area contributed by atoms with Crippen LogP contribution in [0.15, 0.2) is 47.9 Å². The molecule has 0 aliphatic rings. The third kappa shape index (κ3) is 4.58. The highest BCUT2D eigenvalue weighted by Crippen LogP contribution is 2.22. The van der Waals surface area contributed by atoms with E-state index in [9.17, 15) is 13.2 Å². The first kappa shape index (κ1) is 17.1. The van der Waals surface area contributed by atoms with Crippen molar-refractivity contribution < 1.29 is 13.2 Å². The molecule has 2 aromatic carbocycles. The van der Waals surface area contributed by atoms with E-state index in [0.717, 1.165) is 5.41 Å². The van der Waals surface area contributed by atoms with E-state index in [1.165, 1.54) is 12.1 Å². The summed E-state index contributed by atoms with van der Waals surface area (Å²) in [5, 5.41) is 1.59. The average molecular weight is 351 g/mol. The molecule has 0 aliphatic heterocycles. The van der Waals surface area contributed by atoms with E-state index in [2.05, 4.69) is 4.72 Å². The second-order valence-electron chi connectivity index (χ2n) is 4.86. The molecule has 2 rings (SSSR count). The lowest BCUT2D eigenvalue weighted by molar-refractivity contribution is 0.100.